The van der Waals surface area contributed by atoms with Crippen LogP contribution in [0, 0.1) is 10.8 Å². The fraction of sp³-hybridized carbons (Fsp3) is 0.867. The minimum atomic E-state index is 0.131. The summed E-state index contributed by atoms with van der Waals surface area (Å²) in [6, 6.07) is 0.544. The van der Waals surface area contributed by atoms with Crippen molar-refractivity contribution in [1.29, 1.82) is 0 Å². The molecule has 5 heteroatoms. The van der Waals surface area contributed by atoms with E-state index in [2.05, 4.69) is 34.4 Å². The molecule has 0 aromatic rings. The van der Waals surface area contributed by atoms with Crippen molar-refractivity contribution in [3.05, 3.63) is 0 Å². The van der Waals surface area contributed by atoms with Crippen molar-refractivity contribution >= 4 is 11.9 Å². The summed E-state index contributed by atoms with van der Waals surface area (Å²) < 4.78 is 0. The highest BCUT2D eigenvalue weighted by Gasteiger charge is 2.47. The molecule has 5 nitrogen and oxygen atoms in total. The number of carbonyl (C=O) groups is 1. The maximum absolute atomic E-state index is 11.6. The van der Waals surface area contributed by atoms with Crippen LogP contribution in [-0.2, 0) is 4.79 Å². The van der Waals surface area contributed by atoms with E-state index < -0.39 is 0 Å². The van der Waals surface area contributed by atoms with Crippen molar-refractivity contribution in [2.75, 3.05) is 26.7 Å². The summed E-state index contributed by atoms with van der Waals surface area (Å²) in [5, 5.41) is 6.59. The van der Waals surface area contributed by atoms with Crippen molar-refractivity contribution in [3.63, 3.8) is 0 Å². The van der Waals surface area contributed by atoms with Crippen LogP contribution in [0.1, 0.15) is 39.5 Å². The lowest BCUT2D eigenvalue weighted by atomic mass is 9.79. The molecule has 0 radical (unpaired) electrons. The molecule has 2 saturated heterocycles. The predicted molar refractivity (Wildman–Crippen MR) is 79.5 cm³/mol. The van der Waals surface area contributed by atoms with Crippen molar-refractivity contribution in [2.45, 2.75) is 45.6 Å². The maximum atomic E-state index is 11.6. The van der Waals surface area contributed by atoms with Crippen LogP contribution in [0.25, 0.3) is 0 Å². The van der Waals surface area contributed by atoms with Gasteiger partial charge < -0.3 is 15.5 Å². The summed E-state index contributed by atoms with van der Waals surface area (Å²) in [6.45, 7) is 7.39. The van der Waals surface area contributed by atoms with E-state index in [9.17, 15) is 4.79 Å². The Morgan fingerprint density at radius 1 is 1.50 bits per heavy atom. The molecule has 1 saturated carbocycles. The van der Waals surface area contributed by atoms with Gasteiger partial charge in [-0.1, -0.05) is 13.8 Å². The Balaban J connectivity index is 1.65. The zero-order valence-electron chi connectivity index (χ0n) is 12.8. The number of rotatable bonds is 1. The van der Waals surface area contributed by atoms with Crippen molar-refractivity contribution in [1.82, 2.24) is 15.5 Å². The lowest BCUT2D eigenvalue weighted by Crippen LogP contribution is -2.52. The fourth-order valence-electron chi connectivity index (χ4n) is 3.60. The first-order valence-corrected chi connectivity index (χ1v) is 7.69. The van der Waals surface area contributed by atoms with Crippen LogP contribution in [0.2, 0.25) is 0 Å². The molecule has 0 aromatic carbocycles. The monoisotopic (exact) mass is 278 g/mol. The number of piperidine rings is 1. The molecule has 0 bridgehead atoms. The average Bonchev–Trinajstić information content (AvgIpc) is 2.85. The highest BCUT2D eigenvalue weighted by molar-refractivity contribution is 5.82. The van der Waals surface area contributed by atoms with Crippen LogP contribution in [0.3, 0.4) is 0 Å². The molecule has 2 unspecified atom stereocenters. The van der Waals surface area contributed by atoms with Crippen LogP contribution >= 0.6 is 0 Å². The van der Waals surface area contributed by atoms with Crippen LogP contribution in [0.15, 0.2) is 4.99 Å². The number of hydrogen-bond acceptors (Lipinski definition) is 2. The number of guanidine groups is 1. The summed E-state index contributed by atoms with van der Waals surface area (Å²) in [7, 11) is 1.86. The van der Waals surface area contributed by atoms with Crippen LogP contribution in [0.5, 0.6) is 0 Å². The summed E-state index contributed by atoms with van der Waals surface area (Å²) >= 11 is 0. The van der Waals surface area contributed by atoms with E-state index in [4.69, 9.17) is 0 Å². The molecule has 0 aromatic heterocycles. The van der Waals surface area contributed by atoms with E-state index in [0.717, 1.165) is 38.4 Å². The van der Waals surface area contributed by atoms with Gasteiger partial charge in [0.15, 0.2) is 5.96 Å². The molecular formula is C15H26N4O. The van der Waals surface area contributed by atoms with Gasteiger partial charge in [0.25, 0.3) is 0 Å². The molecule has 2 heterocycles. The third-order valence-corrected chi connectivity index (χ3v) is 5.19. The highest BCUT2D eigenvalue weighted by Crippen LogP contribution is 2.45. The Morgan fingerprint density at radius 2 is 2.25 bits per heavy atom. The first-order chi connectivity index (χ1) is 9.44. The number of nitrogens with zero attached hydrogens (tertiary/aromatic N) is 2. The van der Waals surface area contributed by atoms with Crippen molar-refractivity contribution in [3.8, 4) is 0 Å². The van der Waals surface area contributed by atoms with Gasteiger partial charge in [0, 0.05) is 44.6 Å². The zero-order chi connectivity index (χ0) is 14.4. The number of likely N-dealkylation sites (tertiary alicyclic amines) is 1. The molecule has 3 fully saturated rings. The van der Waals surface area contributed by atoms with Gasteiger partial charge in [0.2, 0.25) is 5.91 Å². The van der Waals surface area contributed by atoms with Gasteiger partial charge >= 0.3 is 0 Å². The second-order valence-corrected chi connectivity index (χ2v) is 7.42. The minimum Gasteiger partial charge on any atom is -0.355 e. The predicted octanol–water partition coefficient (Wildman–Crippen LogP) is 0.962. The molecule has 20 heavy (non-hydrogen) atoms. The number of amides is 1. The Bertz CT molecular complexity index is 445. The largest absolute Gasteiger partial charge is 0.355 e. The first-order valence-electron chi connectivity index (χ1n) is 7.69. The minimum absolute atomic E-state index is 0.131. The summed E-state index contributed by atoms with van der Waals surface area (Å²) in [5.41, 5.74) is 0.528. The number of aliphatic imine (C=N–C) groups is 1. The number of nitrogens with one attached hydrogen (secondary N) is 2. The molecule has 1 aliphatic carbocycles. The second kappa shape index (κ2) is 4.64. The molecular weight excluding hydrogens is 252 g/mol. The van der Waals surface area contributed by atoms with Crippen LogP contribution in [0.4, 0.5) is 0 Å². The Hall–Kier alpha value is -1.26. The summed E-state index contributed by atoms with van der Waals surface area (Å²) in [5.74, 6) is 1.22. The van der Waals surface area contributed by atoms with Gasteiger partial charge in [-0.25, -0.2) is 0 Å². The van der Waals surface area contributed by atoms with Gasteiger partial charge in [0.1, 0.15) is 0 Å². The normalized spacial score (nSPS) is 36.1. The third kappa shape index (κ3) is 2.50. The molecule has 2 N–H and O–H groups in total. The zero-order valence-corrected chi connectivity index (χ0v) is 12.8. The maximum Gasteiger partial charge on any atom is 0.220 e. The van der Waals surface area contributed by atoms with E-state index in [-0.39, 0.29) is 11.3 Å². The molecule has 1 amide bonds. The lowest BCUT2D eigenvalue weighted by Gasteiger charge is -2.41. The van der Waals surface area contributed by atoms with E-state index in [1.54, 1.807) is 0 Å². The van der Waals surface area contributed by atoms with E-state index >= 15 is 0 Å². The smallest absolute Gasteiger partial charge is 0.220 e. The molecule has 3 aliphatic rings. The Morgan fingerprint density at radius 3 is 2.80 bits per heavy atom. The summed E-state index contributed by atoms with van der Waals surface area (Å²) in [4.78, 5) is 18.4. The topological polar surface area (TPSA) is 56.7 Å². The molecule has 2 atom stereocenters. The van der Waals surface area contributed by atoms with Crippen molar-refractivity contribution in [2.24, 2.45) is 15.8 Å². The van der Waals surface area contributed by atoms with E-state index in [0.29, 0.717) is 17.9 Å². The van der Waals surface area contributed by atoms with Gasteiger partial charge in [-0.05, 0) is 24.7 Å². The molecule has 112 valence electrons. The number of hydrogen-bond donors (Lipinski definition) is 2. The Labute approximate surface area is 121 Å². The average molecular weight is 278 g/mol. The van der Waals surface area contributed by atoms with Gasteiger partial charge in [-0.15, -0.1) is 0 Å². The fourth-order valence-corrected chi connectivity index (χ4v) is 3.60. The highest BCUT2D eigenvalue weighted by atomic mass is 16.1. The van der Waals surface area contributed by atoms with Crippen molar-refractivity contribution < 1.29 is 4.79 Å². The second-order valence-electron chi connectivity index (χ2n) is 7.42. The van der Waals surface area contributed by atoms with Gasteiger partial charge in [-0.3, -0.25) is 9.79 Å². The summed E-state index contributed by atoms with van der Waals surface area (Å²) in [6.07, 6.45) is 4.18. The van der Waals surface area contributed by atoms with E-state index in [1.165, 1.54) is 6.42 Å². The van der Waals surface area contributed by atoms with Gasteiger partial charge in [-0.2, -0.15) is 0 Å². The van der Waals surface area contributed by atoms with Crippen LogP contribution in [-0.4, -0.2) is 49.5 Å². The standard InChI is InChI=1S/C15H26N4O/c1-14(2)7-11(14)18-13(16-3)19-6-4-5-15(10-19)8-12(20)17-9-15/h11H,4-10H2,1-3H3,(H,16,18)(H,17,20). The van der Waals surface area contributed by atoms with E-state index in [1.807, 2.05) is 7.05 Å². The third-order valence-electron chi connectivity index (χ3n) is 5.19. The quantitative estimate of drug-likeness (QED) is 0.555. The number of carbonyl (C=O) groups excluding carboxylic acids is 1. The van der Waals surface area contributed by atoms with Crippen LogP contribution < -0.4 is 10.6 Å². The Kier molecular flexibility index (Phi) is 3.18. The molecule has 3 rings (SSSR count). The van der Waals surface area contributed by atoms with Gasteiger partial charge in [0.05, 0.1) is 0 Å². The first kappa shape index (κ1) is 13.7. The molecule has 2 aliphatic heterocycles. The molecule has 1 spiro atoms. The SMILES string of the molecule is CN=C(NC1CC1(C)C)N1CCCC2(CNC(=O)C2)C1. The lowest BCUT2D eigenvalue weighted by molar-refractivity contribution is -0.119.